The van der Waals surface area contributed by atoms with Crippen LogP contribution in [0.2, 0.25) is 0 Å². The average molecular weight is 319 g/mol. The number of carboxylic acids is 1. The number of carbonyl (C=O) groups is 2. The molecule has 1 rings (SSSR count). The summed E-state index contributed by atoms with van der Waals surface area (Å²) < 4.78 is 35.3. The van der Waals surface area contributed by atoms with Crippen molar-refractivity contribution >= 4 is 22.0 Å². The Hall–Kier alpha value is -1.87. The van der Waals surface area contributed by atoms with E-state index in [2.05, 4.69) is 4.74 Å². The quantitative estimate of drug-likeness (QED) is 0.770. The third-order valence-corrected chi connectivity index (χ3v) is 4.70. The number of carbonyl (C=O) groups excluding carboxylic acids is 1. The number of furan rings is 1. The number of sulfonamides is 1. The van der Waals surface area contributed by atoms with E-state index in [1.807, 2.05) is 0 Å². The molecule has 0 atom stereocenters. The topological polar surface area (TPSA) is 114 Å². The number of ether oxygens (including phenoxy) is 1. The summed E-state index contributed by atoms with van der Waals surface area (Å²) in [7, 11) is -3.01. The van der Waals surface area contributed by atoms with Crippen molar-refractivity contribution in [1.29, 1.82) is 0 Å². The van der Waals surface area contributed by atoms with Crippen LogP contribution in [0.3, 0.4) is 0 Å². The Bertz CT molecular complexity index is 659. The van der Waals surface area contributed by atoms with Crippen molar-refractivity contribution in [3.63, 3.8) is 0 Å². The molecule has 8 nitrogen and oxygen atoms in total. The van der Waals surface area contributed by atoms with Gasteiger partial charge in [-0.3, -0.25) is 4.79 Å². The molecule has 1 heterocycles. The van der Waals surface area contributed by atoms with Crippen molar-refractivity contribution in [2.24, 2.45) is 0 Å². The van der Waals surface area contributed by atoms with Gasteiger partial charge in [0.1, 0.15) is 28.5 Å². The van der Waals surface area contributed by atoms with E-state index < -0.39 is 39.0 Å². The molecule has 0 unspecified atom stereocenters. The van der Waals surface area contributed by atoms with Crippen LogP contribution in [0.4, 0.5) is 0 Å². The van der Waals surface area contributed by atoms with Gasteiger partial charge in [-0.05, 0) is 20.8 Å². The molecule has 0 saturated heterocycles. The van der Waals surface area contributed by atoms with Crippen LogP contribution in [-0.4, -0.2) is 50.0 Å². The van der Waals surface area contributed by atoms with Gasteiger partial charge in [-0.15, -0.1) is 0 Å². The second-order valence-corrected chi connectivity index (χ2v) is 6.27. The van der Waals surface area contributed by atoms with Crippen LogP contribution in [0.5, 0.6) is 0 Å². The summed E-state index contributed by atoms with van der Waals surface area (Å²) in [5.41, 5.74) is -0.428. The van der Waals surface area contributed by atoms with Crippen LogP contribution >= 0.6 is 0 Å². The highest BCUT2D eigenvalue weighted by molar-refractivity contribution is 7.89. The Balaban J connectivity index is 3.26. The van der Waals surface area contributed by atoms with Crippen LogP contribution in [-0.2, 0) is 19.6 Å². The van der Waals surface area contributed by atoms with Gasteiger partial charge in [-0.2, -0.15) is 4.31 Å². The van der Waals surface area contributed by atoms with Gasteiger partial charge in [0.15, 0.2) is 0 Å². The van der Waals surface area contributed by atoms with E-state index in [9.17, 15) is 18.0 Å². The Morgan fingerprint density at radius 2 is 1.86 bits per heavy atom. The first-order valence-corrected chi connectivity index (χ1v) is 7.52. The molecule has 0 aliphatic carbocycles. The number of aryl methyl sites for hydroxylation is 2. The Kier molecular flexibility index (Phi) is 5.13. The standard InChI is InChI=1S/C12H17NO7S/c1-5-19-9(14)6-13(4)21(17,18)11-8(3)20-7(2)10(11)12(15)16/h5-6H2,1-4H3,(H,15,16). The van der Waals surface area contributed by atoms with Crippen LogP contribution < -0.4 is 0 Å². The smallest absolute Gasteiger partial charge is 0.340 e. The van der Waals surface area contributed by atoms with Crippen LogP contribution in [0.15, 0.2) is 9.31 Å². The zero-order valence-corrected chi connectivity index (χ0v) is 13.0. The van der Waals surface area contributed by atoms with Gasteiger partial charge in [0.2, 0.25) is 10.0 Å². The van der Waals surface area contributed by atoms with Crippen LogP contribution in [0.1, 0.15) is 28.8 Å². The summed E-state index contributed by atoms with van der Waals surface area (Å²) in [6.07, 6.45) is 0. The SMILES string of the molecule is CCOC(=O)CN(C)S(=O)(=O)c1c(C)oc(C)c1C(=O)O. The zero-order valence-electron chi connectivity index (χ0n) is 12.2. The number of hydrogen-bond acceptors (Lipinski definition) is 6. The molecule has 0 saturated carbocycles. The summed E-state index contributed by atoms with van der Waals surface area (Å²) in [5, 5.41) is 9.14. The number of aromatic carboxylic acids is 1. The highest BCUT2D eigenvalue weighted by atomic mass is 32.2. The lowest BCUT2D eigenvalue weighted by molar-refractivity contribution is -0.143. The molecular weight excluding hydrogens is 302 g/mol. The second-order valence-electron chi connectivity index (χ2n) is 4.29. The fourth-order valence-corrected chi connectivity index (χ4v) is 3.33. The maximum atomic E-state index is 12.4. The van der Waals surface area contributed by atoms with Gasteiger partial charge in [0.25, 0.3) is 0 Å². The number of hydrogen-bond donors (Lipinski definition) is 1. The zero-order chi connectivity index (χ0) is 16.4. The molecule has 0 spiro atoms. The fourth-order valence-electron chi connectivity index (χ4n) is 1.85. The van der Waals surface area contributed by atoms with Crippen LogP contribution in [0.25, 0.3) is 0 Å². The number of likely N-dealkylation sites (N-methyl/N-ethyl adjacent to an activating group) is 1. The molecule has 0 bridgehead atoms. The monoisotopic (exact) mass is 319 g/mol. The molecule has 0 aromatic carbocycles. The van der Waals surface area contributed by atoms with Crippen molar-refractivity contribution in [2.75, 3.05) is 20.2 Å². The summed E-state index contributed by atoms with van der Waals surface area (Å²) in [4.78, 5) is 22.1. The van der Waals surface area contributed by atoms with E-state index in [1.165, 1.54) is 20.9 Å². The highest BCUT2D eigenvalue weighted by Crippen LogP contribution is 2.28. The Morgan fingerprint density at radius 1 is 1.29 bits per heavy atom. The van der Waals surface area contributed by atoms with E-state index in [-0.39, 0.29) is 18.1 Å². The summed E-state index contributed by atoms with van der Waals surface area (Å²) >= 11 is 0. The average Bonchev–Trinajstić information content (AvgIpc) is 2.64. The molecule has 1 aromatic heterocycles. The molecule has 21 heavy (non-hydrogen) atoms. The van der Waals surface area contributed by atoms with E-state index in [1.54, 1.807) is 6.92 Å². The first kappa shape index (κ1) is 17.2. The second kappa shape index (κ2) is 6.27. The highest BCUT2D eigenvalue weighted by Gasteiger charge is 2.34. The number of nitrogens with zero attached hydrogens (tertiary/aromatic N) is 1. The van der Waals surface area contributed by atoms with Crippen molar-refractivity contribution in [2.45, 2.75) is 25.7 Å². The minimum atomic E-state index is -4.18. The first-order chi connectivity index (χ1) is 9.62. The van der Waals surface area contributed by atoms with Gasteiger partial charge < -0.3 is 14.3 Å². The molecule has 0 radical (unpaired) electrons. The minimum Gasteiger partial charge on any atom is -0.478 e. The van der Waals surface area contributed by atoms with Crippen molar-refractivity contribution in [1.82, 2.24) is 4.31 Å². The van der Waals surface area contributed by atoms with E-state index in [0.29, 0.717) is 0 Å². The molecule has 0 amide bonds. The lowest BCUT2D eigenvalue weighted by Gasteiger charge is -2.16. The van der Waals surface area contributed by atoms with E-state index in [0.717, 1.165) is 4.31 Å². The van der Waals surface area contributed by atoms with Gasteiger partial charge in [-0.1, -0.05) is 0 Å². The Labute approximate surface area is 122 Å². The first-order valence-electron chi connectivity index (χ1n) is 6.08. The van der Waals surface area contributed by atoms with E-state index >= 15 is 0 Å². The van der Waals surface area contributed by atoms with E-state index in [4.69, 9.17) is 9.52 Å². The number of rotatable bonds is 6. The number of carboxylic acid groups (broad SMARTS) is 1. The molecule has 0 aliphatic rings. The largest absolute Gasteiger partial charge is 0.478 e. The molecule has 0 aliphatic heterocycles. The fraction of sp³-hybridized carbons (Fsp3) is 0.500. The summed E-state index contributed by atoms with van der Waals surface area (Å²) in [6, 6.07) is 0. The predicted molar refractivity (Wildman–Crippen MR) is 71.6 cm³/mol. The lowest BCUT2D eigenvalue weighted by Crippen LogP contribution is -2.34. The predicted octanol–water partition coefficient (Wildman–Crippen LogP) is 0.778. The van der Waals surface area contributed by atoms with Gasteiger partial charge in [0.05, 0.1) is 6.61 Å². The van der Waals surface area contributed by atoms with Crippen LogP contribution in [0, 0.1) is 13.8 Å². The maximum Gasteiger partial charge on any atom is 0.340 e. The molecule has 0 fully saturated rings. The van der Waals surface area contributed by atoms with Crippen molar-refractivity contribution in [3.05, 3.63) is 17.1 Å². The lowest BCUT2D eigenvalue weighted by atomic mass is 10.2. The summed E-state index contributed by atoms with van der Waals surface area (Å²) in [6.45, 7) is 3.92. The molecule has 1 aromatic rings. The van der Waals surface area contributed by atoms with Gasteiger partial charge in [0, 0.05) is 7.05 Å². The van der Waals surface area contributed by atoms with Gasteiger partial charge >= 0.3 is 11.9 Å². The summed E-state index contributed by atoms with van der Waals surface area (Å²) in [5.74, 6) is -2.19. The normalized spacial score (nSPS) is 11.7. The maximum absolute atomic E-state index is 12.4. The third kappa shape index (κ3) is 3.42. The Morgan fingerprint density at radius 3 is 2.33 bits per heavy atom. The molecule has 9 heteroatoms. The third-order valence-electron chi connectivity index (χ3n) is 2.74. The molecular formula is C12H17NO7S. The van der Waals surface area contributed by atoms with Crippen molar-refractivity contribution < 1.29 is 32.3 Å². The van der Waals surface area contributed by atoms with Crippen molar-refractivity contribution in [3.8, 4) is 0 Å². The molecule has 118 valence electrons. The minimum absolute atomic E-state index is 0.0110. The molecule has 1 N–H and O–H groups in total. The van der Waals surface area contributed by atoms with Gasteiger partial charge in [-0.25, -0.2) is 13.2 Å². The number of esters is 1.